The highest BCUT2D eigenvalue weighted by Gasteiger charge is 2.33. The molecule has 1 saturated heterocycles. The minimum absolute atomic E-state index is 0.101. The molecule has 1 aromatic heterocycles. The highest BCUT2D eigenvalue weighted by molar-refractivity contribution is 7.80. The molecule has 2 aromatic carbocycles. The molecule has 0 radical (unpaired) electrons. The van der Waals surface area contributed by atoms with Gasteiger partial charge in [-0.05, 0) is 54.7 Å². The standard InChI is InChI=1S/C23H16F3N3O3S/c24-23(25,26)32-18-9-7-17(8-10-18)29-21(30)19(28-22(29)33)12-16-5-1-2-6-20(16)31-14-15-4-3-11-27-13-15/h1-13H,14H2,(H,28,33)/b19-12-. The number of carbonyl (C=O) groups excluding carboxylic acids is 1. The molecule has 4 rings (SSSR count). The van der Waals surface area contributed by atoms with E-state index in [9.17, 15) is 18.0 Å². The van der Waals surface area contributed by atoms with Gasteiger partial charge >= 0.3 is 6.36 Å². The van der Waals surface area contributed by atoms with Crippen LogP contribution >= 0.6 is 12.2 Å². The molecule has 6 nitrogen and oxygen atoms in total. The van der Waals surface area contributed by atoms with Gasteiger partial charge in [0.15, 0.2) is 5.11 Å². The van der Waals surface area contributed by atoms with Gasteiger partial charge in [-0.15, -0.1) is 13.2 Å². The maximum atomic E-state index is 13.0. The van der Waals surface area contributed by atoms with Crippen molar-refractivity contribution in [1.29, 1.82) is 0 Å². The van der Waals surface area contributed by atoms with Crippen molar-refractivity contribution in [2.75, 3.05) is 4.90 Å². The summed E-state index contributed by atoms with van der Waals surface area (Å²) in [5, 5.41) is 2.95. The van der Waals surface area contributed by atoms with E-state index in [4.69, 9.17) is 17.0 Å². The molecular weight excluding hydrogens is 455 g/mol. The van der Waals surface area contributed by atoms with Gasteiger partial charge in [-0.3, -0.25) is 14.7 Å². The Morgan fingerprint density at radius 3 is 2.52 bits per heavy atom. The number of para-hydroxylation sites is 1. The molecule has 0 unspecified atom stereocenters. The minimum atomic E-state index is -4.80. The first-order chi connectivity index (χ1) is 15.8. The topological polar surface area (TPSA) is 63.7 Å². The first-order valence-corrected chi connectivity index (χ1v) is 10.0. The van der Waals surface area contributed by atoms with E-state index in [-0.39, 0.29) is 10.8 Å². The molecule has 0 bridgehead atoms. The van der Waals surface area contributed by atoms with Crippen LogP contribution in [-0.2, 0) is 11.4 Å². The lowest BCUT2D eigenvalue weighted by atomic mass is 10.1. The predicted octanol–water partition coefficient (Wildman–Crippen LogP) is 4.82. The molecular formula is C23H16F3N3O3S. The molecule has 0 aliphatic carbocycles. The van der Waals surface area contributed by atoms with Crippen LogP contribution in [0.2, 0.25) is 0 Å². The number of rotatable bonds is 6. The van der Waals surface area contributed by atoms with Gasteiger partial charge in [-0.2, -0.15) is 0 Å². The van der Waals surface area contributed by atoms with Crippen molar-refractivity contribution >= 4 is 35.0 Å². The molecule has 1 aliphatic heterocycles. The molecule has 1 fully saturated rings. The number of amides is 1. The van der Waals surface area contributed by atoms with Gasteiger partial charge in [-0.1, -0.05) is 24.3 Å². The van der Waals surface area contributed by atoms with Crippen LogP contribution in [0.1, 0.15) is 11.1 Å². The van der Waals surface area contributed by atoms with E-state index < -0.39 is 18.0 Å². The summed E-state index contributed by atoms with van der Waals surface area (Å²) >= 11 is 5.27. The van der Waals surface area contributed by atoms with Crippen molar-refractivity contribution in [3.63, 3.8) is 0 Å². The summed E-state index contributed by atoms with van der Waals surface area (Å²) in [7, 11) is 0. The number of thiocarbonyl (C=S) groups is 1. The molecule has 33 heavy (non-hydrogen) atoms. The maximum absolute atomic E-state index is 13.0. The summed E-state index contributed by atoms with van der Waals surface area (Å²) in [5.74, 6) is -0.291. The van der Waals surface area contributed by atoms with Gasteiger partial charge < -0.3 is 14.8 Å². The molecule has 0 atom stereocenters. The Morgan fingerprint density at radius 2 is 1.82 bits per heavy atom. The normalized spacial score (nSPS) is 15.0. The second kappa shape index (κ2) is 9.29. The number of benzene rings is 2. The van der Waals surface area contributed by atoms with Crippen LogP contribution in [-0.4, -0.2) is 22.4 Å². The Bertz CT molecular complexity index is 1200. The fourth-order valence-corrected chi connectivity index (χ4v) is 3.40. The highest BCUT2D eigenvalue weighted by Crippen LogP contribution is 2.29. The third-order valence-corrected chi connectivity index (χ3v) is 4.83. The average Bonchev–Trinajstić information content (AvgIpc) is 3.06. The quantitative estimate of drug-likeness (QED) is 0.411. The minimum Gasteiger partial charge on any atom is -0.488 e. The molecule has 1 aliphatic rings. The summed E-state index contributed by atoms with van der Waals surface area (Å²) in [6.07, 6.45) is 0.174. The average molecular weight is 471 g/mol. The lowest BCUT2D eigenvalue weighted by Gasteiger charge is -2.15. The second-order valence-corrected chi connectivity index (χ2v) is 7.24. The number of pyridine rings is 1. The molecule has 0 spiro atoms. The molecule has 3 aromatic rings. The van der Waals surface area contributed by atoms with Crippen LogP contribution in [0, 0.1) is 0 Å². The van der Waals surface area contributed by atoms with E-state index in [0.29, 0.717) is 23.6 Å². The third kappa shape index (κ3) is 5.47. The predicted molar refractivity (Wildman–Crippen MR) is 119 cm³/mol. The summed E-state index contributed by atoms with van der Waals surface area (Å²) in [6, 6.07) is 15.7. The number of aromatic nitrogens is 1. The number of anilines is 1. The highest BCUT2D eigenvalue weighted by atomic mass is 32.1. The van der Waals surface area contributed by atoms with Crippen molar-refractivity contribution < 1.29 is 27.4 Å². The van der Waals surface area contributed by atoms with Crippen molar-refractivity contribution in [1.82, 2.24) is 10.3 Å². The smallest absolute Gasteiger partial charge is 0.488 e. The van der Waals surface area contributed by atoms with Crippen LogP contribution in [0.3, 0.4) is 0 Å². The Hall–Kier alpha value is -3.92. The number of nitrogens with one attached hydrogen (secondary N) is 1. The number of halogens is 3. The van der Waals surface area contributed by atoms with Crippen molar-refractivity contribution in [2.45, 2.75) is 13.0 Å². The van der Waals surface area contributed by atoms with Crippen molar-refractivity contribution in [2.24, 2.45) is 0 Å². The van der Waals surface area contributed by atoms with Gasteiger partial charge in [0, 0.05) is 23.5 Å². The Balaban J connectivity index is 1.52. The van der Waals surface area contributed by atoms with Crippen LogP contribution < -0.4 is 19.7 Å². The zero-order valence-corrected chi connectivity index (χ0v) is 17.7. The lowest BCUT2D eigenvalue weighted by molar-refractivity contribution is -0.274. The molecule has 0 saturated carbocycles. The monoisotopic (exact) mass is 471 g/mol. The number of nitrogens with zero attached hydrogens (tertiary/aromatic N) is 2. The number of ether oxygens (including phenoxy) is 2. The van der Waals surface area contributed by atoms with Crippen LogP contribution in [0.15, 0.2) is 78.8 Å². The molecule has 2 heterocycles. The van der Waals surface area contributed by atoms with E-state index in [1.165, 1.54) is 17.0 Å². The second-order valence-electron chi connectivity index (χ2n) is 6.86. The van der Waals surface area contributed by atoms with Gasteiger partial charge in [0.2, 0.25) is 0 Å². The Labute approximate surface area is 192 Å². The van der Waals surface area contributed by atoms with Gasteiger partial charge in [-0.25, -0.2) is 0 Å². The number of hydrogen-bond acceptors (Lipinski definition) is 5. The third-order valence-electron chi connectivity index (χ3n) is 4.54. The molecule has 1 amide bonds. The van der Waals surface area contributed by atoms with Gasteiger partial charge in [0.1, 0.15) is 23.8 Å². The zero-order chi connectivity index (χ0) is 23.4. The molecule has 168 valence electrons. The van der Waals surface area contributed by atoms with Crippen LogP contribution in [0.25, 0.3) is 6.08 Å². The maximum Gasteiger partial charge on any atom is 0.573 e. The fourth-order valence-electron chi connectivity index (χ4n) is 3.10. The molecule has 1 N–H and O–H groups in total. The summed E-state index contributed by atoms with van der Waals surface area (Å²) in [6.45, 7) is 0.298. The molecule has 10 heteroatoms. The van der Waals surface area contributed by atoms with E-state index in [0.717, 1.165) is 17.7 Å². The van der Waals surface area contributed by atoms with E-state index >= 15 is 0 Å². The van der Waals surface area contributed by atoms with Gasteiger partial charge in [0.25, 0.3) is 5.91 Å². The SMILES string of the molecule is O=C1/C(=C/c2ccccc2OCc2cccnc2)NC(=S)N1c1ccc(OC(F)(F)F)cc1. The first kappa shape index (κ1) is 22.3. The van der Waals surface area contributed by atoms with E-state index in [1.807, 2.05) is 18.2 Å². The summed E-state index contributed by atoms with van der Waals surface area (Å²) in [4.78, 5) is 18.2. The summed E-state index contributed by atoms with van der Waals surface area (Å²) in [5.41, 5.74) is 2.04. The summed E-state index contributed by atoms with van der Waals surface area (Å²) < 4.78 is 46.9. The zero-order valence-electron chi connectivity index (χ0n) is 16.9. The van der Waals surface area contributed by atoms with Crippen molar-refractivity contribution in [3.05, 3.63) is 89.9 Å². The fraction of sp³-hybridized carbons (Fsp3) is 0.0870. The van der Waals surface area contributed by atoms with E-state index in [2.05, 4.69) is 15.0 Å². The number of alkyl halides is 3. The number of hydrogen-bond donors (Lipinski definition) is 1. The first-order valence-electron chi connectivity index (χ1n) is 9.64. The van der Waals surface area contributed by atoms with Crippen LogP contribution in [0.5, 0.6) is 11.5 Å². The number of carbonyl (C=O) groups is 1. The van der Waals surface area contributed by atoms with Crippen molar-refractivity contribution in [3.8, 4) is 11.5 Å². The Kier molecular flexibility index (Phi) is 6.27. The van der Waals surface area contributed by atoms with Crippen LogP contribution in [0.4, 0.5) is 18.9 Å². The van der Waals surface area contributed by atoms with Gasteiger partial charge in [0.05, 0.1) is 5.69 Å². The lowest BCUT2D eigenvalue weighted by Crippen LogP contribution is -2.30. The largest absolute Gasteiger partial charge is 0.573 e. The Morgan fingerprint density at radius 1 is 1.06 bits per heavy atom. The van der Waals surface area contributed by atoms with E-state index in [1.54, 1.807) is 36.7 Å².